The van der Waals surface area contributed by atoms with Gasteiger partial charge < -0.3 is 10.1 Å². The third-order valence-electron chi connectivity index (χ3n) is 2.48. The predicted octanol–water partition coefficient (Wildman–Crippen LogP) is 3.58. The van der Waals surface area contributed by atoms with Crippen LogP contribution in [0.1, 0.15) is 12.8 Å². The summed E-state index contributed by atoms with van der Waals surface area (Å²) < 4.78 is 18.3. The Kier molecular flexibility index (Phi) is 3.67. The van der Waals surface area contributed by atoms with Crippen molar-refractivity contribution in [1.29, 1.82) is 0 Å². The highest BCUT2D eigenvalue weighted by atomic mass is 35.5. The molecule has 0 saturated heterocycles. The maximum atomic E-state index is 12.9. The summed E-state index contributed by atoms with van der Waals surface area (Å²) >= 11 is 5.68. The Morgan fingerprint density at radius 3 is 3.06 bits per heavy atom. The third-order valence-corrected chi connectivity index (χ3v) is 2.77. The van der Waals surface area contributed by atoms with Gasteiger partial charge in [-0.05, 0) is 37.1 Å². The van der Waals surface area contributed by atoms with E-state index in [0.717, 1.165) is 18.5 Å². The number of nitrogens with one attached hydrogen (secondary N) is 1. The molecule has 0 fully saturated rings. The average Bonchev–Trinajstić information content (AvgIpc) is 2.32. The highest BCUT2D eigenvalue weighted by molar-refractivity contribution is 6.31. The molecule has 1 heterocycles. The van der Waals surface area contributed by atoms with Gasteiger partial charge in [-0.15, -0.1) is 0 Å². The highest BCUT2D eigenvalue weighted by Crippen LogP contribution is 2.20. The van der Waals surface area contributed by atoms with Crippen LogP contribution in [0, 0.1) is 5.82 Å². The maximum Gasteiger partial charge on any atom is 0.141 e. The zero-order valence-corrected chi connectivity index (χ0v) is 9.51. The molecule has 86 valence electrons. The van der Waals surface area contributed by atoms with Crippen LogP contribution in [0.25, 0.3) is 0 Å². The van der Waals surface area contributed by atoms with E-state index in [4.69, 9.17) is 16.3 Å². The van der Waals surface area contributed by atoms with E-state index in [2.05, 4.69) is 5.32 Å². The lowest BCUT2D eigenvalue weighted by Crippen LogP contribution is -2.22. The number of hydrogen-bond acceptors (Lipinski definition) is 2. The van der Waals surface area contributed by atoms with Crippen molar-refractivity contribution in [3.05, 3.63) is 41.4 Å². The summed E-state index contributed by atoms with van der Waals surface area (Å²) in [7, 11) is 0. The van der Waals surface area contributed by atoms with Crippen LogP contribution in [-0.4, -0.2) is 12.6 Å². The summed E-state index contributed by atoms with van der Waals surface area (Å²) in [5, 5.41) is 3.31. The Balaban J connectivity index is 1.89. The van der Waals surface area contributed by atoms with E-state index in [0.29, 0.717) is 6.54 Å². The fraction of sp³-hybridized carbons (Fsp3) is 0.333. The largest absolute Gasteiger partial charge is 0.497 e. The highest BCUT2D eigenvalue weighted by Gasteiger charge is 2.10. The number of halogens is 2. The first-order valence-electron chi connectivity index (χ1n) is 5.25. The molecule has 1 N–H and O–H groups in total. The smallest absolute Gasteiger partial charge is 0.141 e. The van der Waals surface area contributed by atoms with Gasteiger partial charge in [0.05, 0.1) is 17.8 Å². The molecule has 0 saturated carbocycles. The van der Waals surface area contributed by atoms with E-state index in [1.54, 1.807) is 18.4 Å². The number of rotatable bonds is 3. The number of hydrogen-bond donors (Lipinski definition) is 1. The molecule has 2 rings (SSSR count). The van der Waals surface area contributed by atoms with Gasteiger partial charge in [0.25, 0.3) is 0 Å². The SMILES string of the molecule is Fc1ccc(NCC2CCC=CO2)cc1Cl. The predicted molar refractivity (Wildman–Crippen MR) is 63.1 cm³/mol. The molecule has 0 amide bonds. The number of ether oxygens (including phenoxy) is 1. The quantitative estimate of drug-likeness (QED) is 0.873. The molecule has 0 aliphatic carbocycles. The van der Waals surface area contributed by atoms with Gasteiger partial charge >= 0.3 is 0 Å². The van der Waals surface area contributed by atoms with Gasteiger partial charge in [-0.2, -0.15) is 0 Å². The van der Waals surface area contributed by atoms with E-state index >= 15 is 0 Å². The van der Waals surface area contributed by atoms with Crippen molar-refractivity contribution in [2.24, 2.45) is 0 Å². The second kappa shape index (κ2) is 5.21. The van der Waals surface area contributed by atoms with Crippen LogP contribution >= 0.6 is 11.6 Å². The van der Waals surface area contributed by atoms with Crippen molar-refractivity contribution in [2.45, 2.75) is 18.9 Å². The lowest BCUT2D eigenvalue weighted by molar-refractivity contribution is 0.135. The second-order valence-electron chi connectivity index (χ2n) is 3.72. The van der Waals surface area contributed by atoms with Crippen LogP contribution in [0.15, 0.2) is 30.5 Å². The summed E-state index contributed by atoms with van der Waals surface area (Å²) in [4.78, 5) is 0. The van der Waals surface area contributed by atoms with Crippen molar-refractivity contribution in [1.82, 2.24) is 0 Å². The summed E-state index contributed by atoms with van der Waals surface area (Å²) in [5.41, 5.74) is 0.810. The summed E-state index contributed by atoms with van der Waals surface area (Å²) in [6, 6.07) is 4.60. The Bertz CT molecular complexity index is 395. The molecule has 0 bridgehead atoms. The molecule has 1 aliphatic rings. The van der Waals surface area contributed by atoms with Crippen molar-refractivity contribution >= 4 is 17.3 Å². The molecule has 0 aromatic heterocycles. The zero-order chi connectivity index (χ0) is 11.4. The van der Waals surface area contributed by atoms with Gasteiger partial charge in [0.1, 0.15) is 11.9 Å². The summed E-state index contributed by atoms with van der Waals surface area (Å²) in [5.74, 6) is -0.399. The van der Waals surface area contributed by atoms with E-state index in [1.807, 2.05) is 6.08 Å². The van der Waals surface area contributed by atoms with Crippen molar-refractivity contribution in [3.63, 3.8) is 0 Å². The van der Waals surface area contributed by atoms with Crippen LogP contribution < -0.4 is 5.32 Å². The number of benzene rings is 1. The molecule has 2 nitrogen and oxygen atoms in total. The minimum atomic E-state index is -0.399. The first-order valence-corrected chi connectivity index (χ1v) is 5.63. The van der Waals surface area contributed by atoms with Gasteiger partial charge in [0.2, 0.25) is 0 Å². The monoisotopic (exact) mass is 241 g/mol. The Morgan fingerprint density at radius 1 is 1.50 bits per heavy atom. The topological polar surface area (TPSA) is 21.3 Å². The molecule has 0 spiro atoms. The van der Waals surface area contributed by atoms with E-state index in [-0.39, 0.29) is 11.1 Å². The minimum Gasteiger partial charge on any atom is -0.497 e. The van der Waals surface area contributed by atoms with E-state index in [1.165, 1.54) is 6.07 Å². The van der Waals surface area contributed by atoms with Crippen molar-refractivity contribution in [2.75, 3.05) is 11.9 Å². The van der Waals surface area contributed by atoms with Gasteiger partial charge in [0, 0.05) is 5.69 Å². The van der Waals surface area contributed by atoms with Crippen molar-refractivity contribution in [3.8, 4) is 0 Å². The molecule has 1 aromatic carbocycles. The standard InChI is InChI=1S/C12H13ClFNO/c13-11-7-9(4-5-12(11)14)15-8-10-3-1-2-6-16-10/h2,4-7,10,15H,1,3,8H2. The third kappa shape index (κ3) is 2.89. The Labute approximate surface area is 99.1 Å². The van der Waals surface area contributed by atoms with Gasteiger partial charge in [-0.1, -0.05) is 11.6 Å². The lowest BCUT2D eigenvalue weighted by atomic mass is 10.1. The molecule has 0 radical (unpaired) electrons. The fourth-order valence-corrected chi connectivity index (χ4v) is 1.75. The maximum absolute atomic E-state index is 12.9. The van der Waals surface area contributed by atoms with Crippen LogP contribution in [0.3, 0.4) is 0 Å². The number of allylic oxidation sites excluding steroid dienone is 1. The van der Waals surface area contributed by atoms with Crippen LogP contribution in [0.5, 0.6) is 0 Å². The molecule has 1 aliphatic heterocycles. The van der Waals surface area contributed by atoms with Gasteiger partial charge in [0.15, 0.2) is 0 Å². The molecule has 4 heteroatoms. The lowest BCUT2D eigenvalue weighted by Gasteiger charge is -2.20. The summed E-state index contributed by atoms with van der Waals surface area (Å²) in [6.07, 6.45) is 5.95. The first kappa shape index (κ1) is 11.3. The fourth-order valence-electron chi connectivity index (χ4n) is 1.57. The molecule has 1 unspecified atom stereocenters. The average molecular weight is 242 g/mol. The zero-order valence-electron chi connectivity index (χ0n) is 8.75. The van der Waals surface area contributed by atoms with Crippen LogP contribution in [0.2, 0.25) is 5.02 Å². The molecular formula is C12H13ClFNO. The molecular weight excluding hydrogens is 229 g/mol. The van der Waals surface area contributed by atoms with Gasteiger partial charge in [-0.3, -0.25) is 0 Å². The van der Waals surface area contributed by atoms with Crippen LogP contribution in [0.4, 0.5) is 10.1 Å². The van der Waals surface area contributed by atoms with E-state index < -0.39 is 5.82 Å². The molecule has 16 heavy (non-hydrogen) atoms. The number of anilines is 1. The second-order valence-corrected chi connectivity index (χ2v) is 4.12. The Hall–Kier alpha value is -1.22. The van der Waals surface area contributed by atoms with E-state index in [9.17, 15) is 4.39 Å². The normalized spacial score (nSPS) is 19.2. The van der Waals surface area contributed by atoms with Gasteiger partial charge in [-0.25, -0.2) is 4.39 Å². The first-order chi connectivity index (χ1) is 7.75. The summed E-state index contributed by atoms with van der Waals surface area (Å²) in [6.45, 7) is 0.701. The Morgan fingerprint density at radius 2 is 2.38 bits per heavy atom. The molecule has 1 atom stereocenters. The molecule has 1 aromatic rings. The minimum absolute atomic E-state index is 0.134. The van der Waals surface area contributed by atoms with Crippen molar-refractivity contribution < 1.29 is 9.13 Å². The van der Waals surface area contributed by atoms with Crippen LogP contribution in [-0.2, 0) is 4.74 Å².